The molecule has 0 fully saturated rings. The van der Waals surface area contributed by atoms with Gasteiger partial charge < -0.3 is 5.73 Å². The molecule has 0 unspecified atom stereocenters. The number of nitrogens with zero attached hydrogens (tertiary/aromatic N) is 2. The van der Waals surface area contributed by atoms with Crippen LogP contribution in [0.15, 0.2) is 30.6 Å². The van der Waals surface area contributed by atoms with E-state index < -0.39 is 0 Å². The van der Waals surface area contributed by atoms with E-state index in [9.17, 15) is 9.59 Å². The van der Waals surface area contributed by atoms with Gasteiger partial charge in [0.15, 0.2) is 0 Å². The molecule has 2 aromatic heterocycles. The fourth-order valence-corrected chi connectivity index (χ4v) is 2.97. The van der Waals surface area contributed by atoms with E-state index in [1.54, 1.807) is 6.07 Å². The summed E-state index contributed by atoms with van der Waals surface area (Å²) < 4.78 is 0. The van der Waals surface area contributed by atoms with E-state index >= 15 is 0 Å². The van der Waals surface area contributed by atoms with Crippen molar-refractivity contribution < 1.29 is 9.59 Å². The molecule has 2 aromatic rings. The van der Waals surface area contributed by atoms with Gasteiger partial charge in [-0.2, -0.15) is 0 Å². The molecule has 2 N–H and O–H groups in total. The number of fused-ring (bicyclic) bond motifs is 1. The van der Waals surface area contributed by atoms with E-state index in [1.807, 2.05) is 12.1 Å². The first-order valence-corrected chi connectivity index (χ1v) is 7.10. The molecule has 21 heavy (non-hydrogen) atoms. The second kappa shape index (κ2) is 5.48. The molecule has 1 aliphatic heterocycles. The zero-order valence-corrected chi connectivity index (χ0v) is 11.8. The molecule has 2 amide bonds. The smallest absolute Gasteiger partial charge is 0.263 e. The molecule has 104 valence electrons. The fraction of sp³-hybridized carbons (Fsp3) is 0.133. The Bertz CT molecular complexity index is 750. The highest BCUT2D eigenvalue weighted by Crippen LogP contribution is 2.25. The molecule has 0 radical (unpaired) electrons. The number of aromatic nitrogens is 1. The van der Waals surface area contributed by atoms with E-state index in [2.05, 4.69) is 16.8 Å². The lowest BCUT2D eigenvalue weighted by Crippen LogP contribution is -2.28. The number of thiophene rings is 1. The quantitative estimate of drug-likeness (QED) is 0.668. The fourth-order valence-electron chi connectivity index (χ4n) is 2.10. The minimum absolute atomic E-state index is 0.251. The maximum atomic E-state index is 12.2. The highest BCUT2D eigenvalue weighted by atomic mass is 32.1. The van der Waals surface area contributed by atoms with Crippen molar-refractivity contribution in [1.82, 2.24) is 9.88 Å². The van der Waals surface area contributed by atoms with Crippen molar-refractivity contribution in [2.24, 2.45) is 5.73 Å². The van der Waals surface area contributed by atoms with Crippen LogP contribution < -0.4 is 5.73 Å². The molecule has 0 saturated carbocycles. The van der Waals surface area contributed by atoms with E-state index in [1.165, 1.54) is 28.6 Å². The molecule has 0 atom stereocenters. The normalized spacial score (nSPS) is 13.1. The molecule has 0 saturated heterocycles. The molecule has 0 aromatic carbocycles. The summed E-state index contributed by atoms with van der Waals surface area (Å²) in [6.07, 6.45) is 2.95. The highest BCUT2D eigenvalue weighted by Gasteiger charge is 2.35. The molecular weight excluding hydrogens is 286 g/mol. The lowest BCUT2D eigenvalue weighted by Gasteiger charge is -2.11. The molecule has 3 heterocycles. The number of hydrogen-bond acceptors (Lipinski definition) is 5. The summed E-state index contributed by atoms with van der Waals surface area (Å²) >= 11 is 1.45. The average molecular weight is 297 g/mol. The molecular formula is C15H11N3O2S. The van der Waals surface area contributed by atoms with Gasteiger partial charge in [0.05, 0.1) is 29.1 Å². The van der Waals surface area contributed by atoms with Crippen LogP contribution in [0.2, 0.25) is 0 Å². The Labute approximate surface area is 125 Å². The first kappa shape index (κ1) is 13.5. The molecule has 3 rings (SSSR count). The van der Waals surface area contributed by atoms with Crippen molar-refractivity contribution in [2.45, 2.75) is 6.54 Å². The van der Waals surface area contributed by atoms with Gasteiger partial charge in [-0.05, 0) is 18.2 Å². The monoisotopic (exact) mass is 297 g/mol. The second-order valence-corrected chi connectivity index (χ2v) is 5.56. The molecule has 1 aliphatic rings. The summed E-state index contributed by atoms with van der Waals surface area (Å²) in [4.78, 5) is 31.3. The first-order valence-electron chi connectivity index (χ1n) is 6.28. The summed E-state index contributed by atoms with van der Waals surface area (Å²) in [6.45, 7) is 0.556. The van der Waals surface area contributed by atoms with Gasteiger partial charge in [-0.3, -0.25) is 19.5 Å². The third-order valence-electron chi connectivity index (χ3n) is 3.06. The number of carbonyl (C=O) groups excluding carboxylic acids is 2. The van der Waals surface area contributed by atoms with Gasteiger partial charge in [0.25, 0.3) is 11.8 Å². The largest absolute Gasteiger partial charge is 0.320 e. The molecule has 6 heteroatoms. The van der Waals surface area contributed by atoms with Gasteiger partial charge >= 0.3 is 0 Å². The number of imide groups is 1. The molecule has 0 bridgehead atoms. The van der Waals surface area contributed by atoms with Crippen LogP contribution in [0.25, 0.3) is 0 Å². The zero-order chi connectivity index (χ0) is 14.8. The van der Waals surface area contributed by atoms with Gasteiger partial charge in [-0.15, -0.1) is 11.3 Å². The Kier molecular flexibility index (Phi) is 3.52. The van der Waals surface area contributed by atoms with Gasteiger partial charge in [-0.25, -0.2) is 0 Å². The maximum Gasteiger partial charge on any atom is 0.263 e. The van der Waals surface area contributed by atoms with Crippen molar-refractivity contribution in [2.75, 3.05) is 6.54 Å². The van der Waals surface area contributed by atoms with E-state index in [0.717, 1.165) is 9.75 Å². The molecule has 0 aliphatic carbocycles. The third-order valence-corrected chi connectivity index (χ3v) is 4.05. The van der Waals surface area contributed by atoms with E-state index in [0.29, 0.717) is 17.7 Å². The number of amides is 2. The van der Waals surface area contributed by atoms with Crippen LogP contribution >= 0.6 is 11.3 Å². The third kappa shape index (κ3) is 2.44. The maximum absolute atomic E-state index is 12.2. The Balaban J connectivity index is 1.82. The minimum Gasteiger partial charge on any atom is -0.320 e. The van der Waals surface area contributed by atoms with Crippen LogP contribution in [0.1, 0.15) is 30.5 Å². The summed E-state index contributed by atoms with van der Waals surface area (Å²) in [7, 11) is 0. The Morgan fingerprint density at radius 1 is 1.19 bits per heavy atom. The van der Waals surface area contributed by atoms with Crippen molar-refractivity contribution in [3.05, 3.63) is 51.5 Å². The zero-order valence-electron chi connectivity index (χ0n) is 11.0. The number of rotatable bonds is 2. The first-order chi connectivity index (χ1) is 10.2. The lowest BCUT2D eigenvalue weighted by atomic mass is 10.2. The number of carbonyl (C=O) groups is 2. The molecule has 0 spiro atoms. The van der Waals surface area contributed by atoms with Crippen molar-refractivity contribution in [3.63, 3.8) is 0 Å². The van der Waals surface area contributed by atoms with Crippen LogP contribution in [-0.4, -0.2) is 28.2 Å². The average Bonchev–Trinajstić information content (AvgIpc) is 3.05. The van der Waals surface area contributed by atoms with Gasteiger partial charge in [0.1, 0.15) is 0 Å². The number of hydrogen-bond donors (Lipinski definition) is 1. The number of nitrogens with two attached hydrogens (primary N) is 1. The Hall–Kier alpha value is -2.49. The highest BCUT2D eigenvalue weighted by molar-refractivity contribution is 7.12. The van der Waals surface area contributed by atoms with Gasteiger partial charge in [-0.1, -0.05) is 11.8 Å². The van der Waals surface area contributed by atoms with Crippen molar-refractivity contribution in [1.29, 1.82) is 0 Å². The number of pyridine rings is 1. The predicted octanol–water partition coefficient (Wildman–Crippen LogP) is 1.25. The summed E-state index contributed by atoms with van der Waals surface area (Å²) in [5.41, 5.74) is 6.10. The van der Waals surface area contributed by atoms with Crippen LogP contribution in [0.3, 0.4) is 0 Å². The Morgan fingerprint density at radius 2 is 2.00 bits per heavy atom. The Morgan fingerprint density at radius 3 is 2.76 bits per heavy atom. The van der Waals surface area contributed by atoms with Crippen LogP contribution in [0.5, 0.6) is 0 Å². The summed E-state index contributed by atoms with van der Waals surface area (Å²) in [5.74, 6) is 5.13. The van der Waals surface area contributed by atoms with E-state index in [4.69, 9.17) is 5.73 Å². The van der Waals surface area contributed by atoms with Crippen molar-refractivity contribution in [3.8, 4) is 11.8 Å². The molecule has 5 nitrogen and oxygen atoms in total. The minimum atomic E-state index is -0.300. The van der Waals surface area contributed by atoms with Crippen LogP contribution in [-0.2, 0) is 6.54 Å². The topological polar surface area (TPSA) is 76.3 Å². The second-order valence-electron chi connectivity index (χ2n) is 4.39. The summed E-state index contributed by atoms with van der Waals surface area (Å²) in [6, 6.07) is 5.30. The SMILES string of the molecule is NCC#Cc1ccc(CN2C(=O)c3ccncc3C2=O)s1. The van der Waals surface area contributed by atoms with Gasteiger partial charge in [0, 0.05) is 17.3 Å². The lowest BCUT2D eigenvalue weighted by molar-refractivity contribution is 0.0644. The van der Waals surface area contributed by atoms with E-state index in [-0.39, 0.29) is 18.4 Å². The summed E-state index contributed by atoms with van der Waals surface area (Å²) in [5, 5.41) is 0. The van der Waals surface area contributed by atoms with Crippen molar-refractivity contribution >= 4 is 23.2 Å². The van der Waals surface area contributed by atoms with Crippen LogP contribution in [0, 0.1) is 11.8 Å². The predicted molar refractivity (Wildman–Crippen MR) is 78.7 cm³/mol. The van der Waals surface area contributed by atoms with Crippen LogP contribution in [0.4, 0.5) is 0 Å². The van der Waals surface area contributed by atoms with Gasteiger partial charge in [0.2, 0.25) is 0 Å². The standard InChI is InChI=1S/C15H11N3O2S/c16-6-1-2-10-3-4-11(21-10)9-18-14(19)12-5-7-17-8-13(12)15(18)20/h3-5,7-8H,6,9,16H2.